The molecule has 1 saturated heterocycles. The van der Waals surface area contributed by atoms with Crippen LogP contribution in [-0.4, -0.2) is 41.4 Å². The maximum Gasteiger partial charge on any atom is 0.128 e. The molecule has 0 radical (unpaired) electrons. The quantitative estimate of drug-likeness (QED) is 0.150. The predicted octanol–water partition coefficient (Wildman–Crippen LogP) is 10.1. The fourth-order valence-electron chi connectivity index (χ4n) is 4.74. The van der Waals surface area contributed by atoms with Crippen molar-refractivity contribution >= 4 is 27.3 Å². The van der Waals surface area contributed by atoms with E-state index in [0.29, 0.717) is 5.92 Å². The summed E-state index contributed by atoms with van der Waals surface area (Å²) in [6.45, 7) is 25.9. The van der Waals surface area contributed by atoms with Crippen molar-refractivity contribution in [2.24, 2.45) is 5.92 Å². The standard InChI is InChI=1S/C22H29BrN4.C13H12O.2C2H4/c1-16-7-5-6-8-20(16)17(2)13-22(27-18(3)21(23)15-25-27)24-14-19-9-11-26(4)12-10-19;1-11-7-9-13(10-8-11)14-12-5-3-2-4-6-12;2*1-2/h5-8,13,15,19,24H,2,9-12,14H2,1,3-4H3;2-10H,1H3;2*1-2H2/b22-13-;;;. The lowest BCUT2D eigenvalue weighted by Crippen LogP contribution is -2.35. The summed E-state index contributed by atoms with van der Waals surface area (Å²) in [6.07, 6.45) is 6.43. The summed E-state index contributed by atoms with van der Waals surface area (Å²) in [5, 5.41) is 8.21. The second kappa shape index (κ2) is 20.0. The summed E-state index contributed by atoms with van der Waals surface area (Å²) >= 11 is 3.58. The molecular formula is C39H49BrN4O. The summed E-state index contributed by atoms with van der Waals surface area (Å²) in [6, 6.07) is 26.2. The van der Waals surface area contributed by atoms with Crippen LogP contribution >= 0.6 is 15.9 Å². The molecule has 0 unspecified atom stereocenters. The third-order valence-electron chi connectivity index (χ3n) is 7.39. The van der Waals surface area contributed by atoms with Crippen LogP contribution in [0.3, 0.4) is 0 Å². The van der Waals surface area contributed by atoms with Gasteiger partial charge >= 0.3 is 0 Å². The molecule has 1 N–H and O–H groups in total. The molecule has 6 heteroatoms. The average molecular weight is 670 g/mol. The van der Waals surface area contributed by atoms with E-state index in [-0.39, 0.29) is 0 Å². The van der Waals surface area contributed by atoms with Crippen LogP contribution in [0.15, 0.2) is 129 Å². The van der Waals surface area contributed by atoms with Crippen LogP contribution in [0.4, 0.5) is 0 Å². The lowest BCUT2D eigenvalue weighted by atomic mass is 9.97. The van der Waals surface area contributed by atoms with Gasteiger partial charge in [-0.2, -0.15) is 5.10 Å². The van der Waals surface area contributed by atoms with Gasteiger partial charge in [-0.3, -0.25) is 0 Å². The van der Waals surface area contributed by atoms with E-state index in [0.717, 1.165) is 39.6 Å². The molecule has 0 aliphatic carbocycles. The molecule has 0 saturated carbocycles. The number of hydrogen-bond donors (Lipinski definition) is 1. The van der Waals surface area contributed by atoms with Gasteiger partial charge in [0.2, 0.25) is 0 Å². The van der Waals surface area contributed by atoms with Gasteiger partial charge in [-0.25, -0.2) is 4.68 Å². The SMILES string of the molecule is C=C.C=C.C=C(/C=C(/NCC1CCN(C)CC1)n1ncc(Br)c1C)c1ccccc1C.Cc1ccc(Oc2ccccc2)cc1. The second-order valence-electron chi connectivity index (χ2n) is 10.7. The lowest BCUT2D eigenvalue weighted by Gasteiger charge is -2.29. The number of nitrogens with zero attached hydrogens (tertiary/aromatic N) is 3. The largest absolute Gasteiger partial charge is 0.457 e. The molecule has 0 atom stereocenters. The number of rotatable bonds is 8. The zero-order valence-electron chi connectivity index (χ0n) is 27.4. The van der Waals surface area contributed by atoms with Gasteiger partial charge in [0.25, 0.3) is 0 Å². The fourth-order valence-corrected chi connectivity index (χ4v) is 5.00. The average Bonchev–Trinajstić information content (AvgIpc) is 3.41. The summed E-state index contributed by atoms with van der Waals surface area (Å²) in [7, 11) is 2.20. The summed E-state index contributed by atoms with van der Waals surface area (Å²) < 4.78 is 8.60. The number of halogens is 1. The monoisotopic (exact) mass is 668 g/mol. The van der Waals surface area contributed by atoms with Crippen LogP contribution in [0.5, 0.6) is 11.5 Å². The van der Waals surface area contributed by atoms with Crippen LogP contribution < -0.4 is 10.1 Å². The molecule has 0 amide bonds. The Bertz CT molecular complexity index is 1470. The van der Waals surface area contributed by atoms with Crippen molar-refractivity contribution in [1.82, 2.24) is 20.0 Å². The van der Waals surface area contributed by atoms with Crippen LogP contribution in [0.2, 0.25) is 0 Å². The highest BCUT2D eigenvalue weighted by molar-refractivity contribution is 9.10. The van der Waals surface area contributed by atoms with Gasteiger partial charge in [0.1, 0.15) is 17.3 Å². The van der Waals surface area contributed by atoms with Gasteiger partial charge in [0.05, 0.1) is 16.4 Å². The molecule has 0 spiro atoms. The van der Waals surface area contributed by atoms with Crippen molar-refractivity contribution in [3.05, 3.63) is 151 Å². The number of likely N-dealkylation sites (tertiary alicyclic amines) is 1. The Morgan fingerprint density at radius 1 is 0.889 bits per heavy atom. The molecule has 1 aliphatic rings. The van der Waals surface area contributed by atoms with Crippen molar-refractivity contribution < 1.29 is 4.74 Å². The topological polar surface area (TPSA) is 42.3 Å². The van der Waals surface area contributed by atoms with Crippen LogP contribution in [-0.2, 0) is 0 Å². The molecule has 1 aromatic heterocycles. The molecule has 0 bridgehead atoms. The van der Waals surface area contributed by atoms with E-state index in [1.54, 1.807) is 0 Å². The van der Waals surface area contributed by atoms with E-state index >= 15 is 0 Å². The Hall–Kier alpha value is -4.13. The minimum Gasteiger partial charge on any atom is -0.457 e. The number of piperidine rings is 1. The van der Waals surface area contributed by atoms with Gasteiger partial charge < -0.3 is 15.0 Å². The van der Waals surface area contributed by atoms with Gasteiger partial charge in [-0.05, 0) is 123 Å². The molecule has 5 nitrogen and oxygen atoms in total. The Labute approximate surface area is 279 Å². The number of benzene rings is 3. The van der Waals surface area contributed by atoms with Crippen molar-refractivity contribution in [2.45, 2.75) is 33.6 Å². The van der Waals surface area contributed by atoms with Crippen molar-refractivity contribution in [3.63, 3.8) is 0 Å². The third kappa shape index (κ3) is 12.1. The molecule has 4 aromatic rings. The van der Waals surface area contributed by atoms with Gasteiger partial charge in [0, 0.05) is 6.54 Å². The normalized spacial score (nSPS) is 13.1. The summed E-state index contributed by atoms with van der Waals surface area (Å²) in [4.78, 5) is 2.40. The fraction of sp³-hybridized carbons (Fsp3) is 0.256. The molecule has 5 rings (SSSR count). The second-order valence-corrected chi connectivity index (χ2v) is 11.6. The first-order valence-electron chi connectivity index (χ1n) is 15.2. The minimum atomic E-state index is 0.690. The Morgan fingerprint density at radius 2 is 1.47 bits per heavy atom. The Morgan fingerprint density at radius 3 is 2.04 bits per heavy atom. The van der Waals surface area contributed by atoms with E-state index in [9.17, 15) is 0 Å². The molecule has 238 valence electrons. The van der Waals surface area contributed by atoms with Crippen molar-refractivity contribution in [2.75, 3.05) is 26.7 Å². The third-order valence-corrected chi connectivity index (χ3v) is 8.17. The highest BCUT2D eigenvalue weighted by Gasteiger charge is 2.18. The van der Waals surface area contributed by atoms with Crippen molar-refractivity contribution in [3.8, 4) is 11.5 Å². The number of ether oxygens (including phenoxy) is 1. The van der Waals surface area contributed by atoms with E-state index in [1.165, 1.54) is 42.6 Å². The molecule has 2 heterocycles. The maximum atomic E-state index is 5.63. The highest BCUT2D eigenvalue weighted by Crippen LogP contribution is 2.24. The maximum absolute atomic E-state index is 5.63. The number of hydrogen-bond acceptors (Lipinski definition) is 4. The molecule has 45 heavy (non-hydrogen) atoms. The van der Waals surface area contributed by atoms with E-state index in [2.05, 4.69) is 122 Å². The van der Waals surface area contributed by atoms with Crippen LogP contribution in [0, 0.1) is 26.7 Å². The van der Waals surface area contributed by atoms with Gasteiger partial charge in [-0.15, -0.1) is 26.3 Å². The smallest absolute Gasteiger partial charge is 0.128 e. The van der Waals surface area contributed by atoms with Gasteiger partial charge in [-0.1, -0.05) is 66.7 Å². The Kier molecular flexibility index (Phi) is 16.5. The van der Waals surface area contributed by atoms with E-state index in [4.69, 9.17) is 4.74 Å². The van der Waals surface area contributed by atoms with E-state index < -0.39 is 0 Å². The number of nitrogens with one attached hydrogen (secondary N) is 1. The first-order valence-corrected chi connectivity index (χ1v) is 16.0. The number of aromatic nitrogens is 2. The van der Waals surface area contributed by atoms with Crippen LogP contribution in [0.1, 0.15) is 35.2 Å². The van der Waals surface area contributed by atoms with Crippen molar-refractivity contribution in [1.29, 1.82) is 0 Å². The van der Waals surface area contributed by atoms with Gasteiger partial charge in [0.15, 0.2) is 0 Å². The minimum absolute atomic E-state index is 0.690. The molecule has 1 aliphatic heterocycles. The predicted molar refractivity (Wildman–Crippen MR) is 198 cm³/mol. The molecular weight excluding hydrogens is 620 g/mol. The molecule has 1 fully saturated rings. The first-order chi connectivity index (χ1) is 21.8. The molecule has 3 aromatic carbocycles. The zero-order chi connectivity index (χ0) is 33.2. The Balaban J connectivity index is 0.000000328. The number of para-hydroxylation sites is 1. The van der Waals surface area contributed by atoms with Crippen LogP contribution in [0.25, 0.3) is 11.4 Å². The first kappa shape index (κ1) is 37.1. The summed E-state index contributed by atoms with van der Waals surface area (Å²) in [5.74, 6) is 3.42. The lowest BCUT2D eigenvalue weighted by molar-refractivity contribution is 0.219. The number of allylic oxidation sites excluding steroid dienone is 2. The zero-order valence-corrected chi connectivity index (χ0v) is 29.0. The van der Waals surface area contributed by atoms with E-state index in [1.807, 2.05) is 65.5 Å². The number of aryl methyl sites for hydroxylation is 2. The highest BCUT2D eigenvalue weighted by atomic mass is 79.9. The summed E-state index contributed by atoms with van der Waals surface area (Å²) in [5.41, 5.74) is 5.71.